The summed E-state index contributed by atoms with van der Waals surface area (Å²) in [6.07, 6.45) is 4.22. The van der Waals surface area contributed by atoms with E-state index in [9.17, 15) is 14.4 Å². The van der Waals surface area contributed by atoms with Gasteiger partial charge in [0.1, 0.15) is 11.6 Å². The number of carbonyl (C=O) groups is 3. The lowest BCUT2D eigenvalue weighted by Crippen LogP contribution is -2.56. The third-order valence-corrected chi connectivity index (χ3v) is 7.69. The Morgan fingerprint density at radius 2 is 2.11 bits per heavy atom. The van der Waals surface area contributed by atoms with Gasteiger partial charge in [-0.15, -0.1) is 6.58 Å². The standard InChI is InChI=1S/C26H33ClN2O6/c1-3-14-28(18-11-7-6-10-17(18)27)24(32)22-26-13-12-19(35-26)20(25(33)34-4-2)21(26)23(31)29(22)15-8-5-9-16-30/h3,6-7,10-11,19-22,30H,1,4-5,8-9,12-16H2,2H3/t19-,20+,21+,22-,26+/m1/s1. The van der Waals surface area contributed by atoms with Crippen LogP contribution < -0.4 is 4.90 Å². The molecule has 3 heterocycles. The van der Waals surface area contributed by atoms with Crippen LogP contribution in [0.4, 0.5) is 5.69 Å². The summed E-state index contributed by atoms with van der Waals surface area (Å²) in [5, 5.41) is 9.58. The van der Waals surface area contributed by atoms with Crippen LogP contribution in [0, 0.1) is 11.8 Å². The summed E-state index contributed by atoms with van der Waals surface area (Å²) >= 11 is 6.45. The van der Waals surface area contributed by atoms with Crippen LogP contribution in [-0.2, 0) is 23.9 Å². The summed E-state index contributed by atoms with van der Waals surface area (Å²) in [7, 11) is 0. The van der Waals surface area contributed by atoms with E-state index in [1.807, 2.05) is 0 Å². The maximum atomic E-state index is 14.2. The second-order valence-corrected chi connectivity index (χ2v) is 9.72. The number of carbonyl (C=O) groups excluding carboxylic acids is 3. The number of unbranched alkanes of at least 4 members (excludes halogenated alkanes) is 2. The van der Waals surface area contributed by atoms with E-state index in [0.29, 0.717) is 49.4 Å². The first-order valence-electron chi connectivity index (χ1n) is 12.3. The van der Waals surface area contributed by atoms with Crippen LogP contribution in [0.5, 0.6) is 0 Å². The lowest BCUT2D eigenvalue weighted by molar-refractivity contribution is -0.154. The van der Waals surface area contributed by atoms with Crippen molar-refractivity contribution >= 4 is 35.1 Å². The van der Waals surface area contributed by atoms with Crippen molar-refractivity contribution in [1.82, 2.24) is 4.90 Å². The first-order valence-corrected chi connectivity index (χ1v) is 12.7. The fraction of sp³-hybridized carbons (Fsp3) is 0.577. The second-order valence-electron chi connectivity index (χ2n) is 9.31. The highest BCUT2D eigenvalue weighted by atomic mass is 35.5. The Morgan fingerprint density at radius 1 is 1.34 bits per heavy atom. The Kier molecular flexibility index (Phi) is 7.83. The first-order chi connectivity index (χ1) is 16.9. The largest absolute Gasteiger partial charge is 0.466 e. The summed E-state index contributed by atoms with van der Waals surface area (Å²) in [6.45, 7) is 6.35. The van der Waals surface area contributed by atoms with E-state index in [1.54, 1.807) is 47.1 Å². The highest BCUT2D eigenvalue weighted by Gasteiger charge is 2.75. The molecule has 3 fully saturated rings. The molecule has 0 aromatic heterocycles. The van der Waals surface area contributed by atoms with Gasteiger partial charge < -0.3 is 24.4 Å². The van der Waals surface area contributed by atoms with Crippen molar-refractivity contribution in [1.29, 1.82) is 0 Å². The van der Waals surface area contributed by atoms with Crippen molar-refractivity contribution in [2.45, 2.75) is 56.8 Å². The van der Waals surface area contributed by atoms with Crippen LogP contribution in [0.2, 0.25) is 5.02 Å². The minimum absolute atomic E-state index is 0.0677. The average Bonchev–Trinajstić information content (AvgIpc) is 3.48. The zero-order valence-corrected chi connectivity index (χ0v) is 20.8. The van der Waals surface area contributed by atoms with E-state index in [0.717, 1.165) is 0 Å². The summed E-state index contributed by atoms with van der Waals surface area (Å²) in [6, 6.07) is 6.16. The van der Waals surface area contributed by atoms with E-state index in [-0.39, 0.29) is 31.6 Å². The minimum atomic E-state index is -1.09. The van der Waals surface area contributed by atoms with E-state index in [1.165, 1.54) is 0 Å². The highest BCUT2D eigenvalue weighted by molar-refractivity contribution is 6.34. The SMILES string of the molecule is C=CCN(C(=O)[C@H]1N(CCCCCO)C(=O)[C@@H]2[C@@H](C(=O)OCC)[C@H]3CC[C@]21O3)c1ccccc1Cl. The molecule has 0 aliphatic carbocycles. The number of benzene rings is 1. The topological polar surface area (TPSA) is 96.4 Å². The molecular formula is C26H33ClN2O6. The van der Waals surface area contributed by atoms with Crippen molar-refractivity contribution in [3.8, 4) is 0 Å². The Balaban J connectivity index is 1.73. The number of hydrogen-bond donors (Lipinski definition) is 1. The molecule has 5 atom stereocenters. The van der Waals surface area contributed by atoms with Gasteiger partial charge in [-0.05, 0) is 51.2 Å². The molecule has 4 rings (SSSR count). The maximum Gasteiger partial charge on any atom is 0.312 e. The number of halogens is 1. The summed E-state index contributed by atoms with van der Waals surface area (Å²) < 4.78 is 11.7. The fourth-order valence-corrected chi connectivity index (χ4v) is 6.24. The van der Waals surface area contributed by atoms with Gasteiger partial charge in [-0.2, -0.15) is 0 Å². The molecule has 3 aliphatic rings. The lowest BCUT2D eigenvalue weighted by Gasteiger charge is -2.37. The zero-order valence-electron chi connectivity index (χ0n) is 20.0. The van der Waals surface area contributed by atoms with Crippen LogP contribution in [0.25, 0.3) is 0 Å². The molecule has 1 spiro atoms. The molecule has 0 radical (unpaired) electrons. The molecule has 1 aromatic rings. The molecule has 0 unspecified atom stereocenters. The van der Waals surface area contributed by atoms with Gasteiger partial charge in [0.05, 0.1) is 35.3 Å². The molecule has 3 aliphatic heterocycles. The van der Waals surface area contributed by atoms with Crippen molar-refractivity contribution in [3.05, 3.63) is 41.9 Å². The predicted octanol–water partition coefficient (Wildman–Crippen LogP) is 2.96. The molecule has 2 amide bonds. The molecule has 190 valence electrons. The third kappa shape index (κ3) is 4.36. The van der Waals surface area contributed by atoms with Gasteiger partial charge in [-0.3, -0.25) is 14.4 Å². The number of aliphatic hydroxyl groups excluding tert-OH is 1. The van der Waals surface area contributed by atoms with Gasteiger partial charge in [-0.25, -0.2) is 0 Å². The highest BCUT2D eigenvalue weighted by Crippen LogP contribution is 2.59. The Labute approximate surface area is 210 Å². The number of para-hydroxylation sites is 1. The van der Waals surface area contributed by atoms with Gasteiger partial charge in [0.15, 0.2) is 0 Å². The molecule has 35 heavy (non-hydrogen) atoms. The number of anilines is 1. The summed E-state index contributed by atoms with van der Waals surface area (Å²) in [5.41, 5.74) is -0.561. The quantitative estimate of drug-likeness (QED) is 0.283. The van der Waals surface area contributed by atoms with Crippen LogP contribution in [0.3, 0.4) is 0 Å². The minimum Gasteiger partial charge on any atom is -0.466 e. The molecule has 3 saturated heterocycles. The van der Waals surface area contributed by atoms with Gasteiger partial charge in [0.2, 0.25) is 5.91 Å². The van der Waals surface area contributed by atoms with Crippen LogP contribution in [0.15, 0.2) is 36.9 Å². The van der Waals surface area contributed by atoms with Gasteiger partial charge in [0, 0.05) is 19.7 Å². The van der Waals surface area contributed by atoms with Crippen molar-refractivity contribution in [2.24, 2.45) is 11.8 Å². The first kappa shape index (κ1) is 25.7. The molecular weight excluding hydrogens is 472 g/mol. The molecule has 2 bridgehead atoms. The van der Waals surface area contributed by atoms with E-state index >= 15 is 0 Å². The van der Waals surface area contributed by atoms with E-state index in [4.69, 9.17) is 26.2 Å². The second kappa shape index (κ2) is 10.7. The molecule has 9 heteroatoms. The molecule has 1 aromatic carbocycles. The van der Waals surface area contributed by atoms with Gasteiger partial charge in [0.25, 0.3) is 5.91 Å². The van der Waals surface area contributed by atoms with Crippen LogP contribution >= 0.6 is 11.6 Å². The van der Waals surface area contributed by atoms with Gasteiger partial charge in [-0.1, -0.05) is 29.8 Å². The van der Waals surface area contributed by atoms with Crippen molar-refractivity contribution in [3.63, 3.8) is 0 Å². The number of hydrogen-bond acceptors (Lipinski definition) is 6. The monoisotopic (exact) mass is 504 g/mol. The predicted molar refractivity (Wildman–Crippen MR) is 131 cm³/mol. The van der Waals surface area contributed by atoms with Crippen LogP contribution in [-0.4, -0.2) is 71.8 Å². The Morgan fingerprint density at radius 3 is 2.80 bits per heavy atom. The van der Waals surface area contributed by atoms with Crippen molar-refractivity contribution < 1.29 is 29.0 Å². The number of amides is 2. The molecule has 8 nitrogen and oxygen atoms in total. The number of esters is 1. The Bertz CT molecular complexity index is 986. The zero-order chi connectivity index (χ0) is 25.2. The lowest BCUT2D eigenvalue weighted by atomic mass is 9.70. The smallest absolute Gasteiger partial charge is 0.312 e. The molecule has 1 N–H and O–H groups in total. The number of likely N-dealkylation sites (tertiary alicyclic amines) is 1. The van der Waals surface area contributed by atoms with Gasteiger partial charge >= 0.3 is 5.97 Å². The maximum absolute atomic E-state index is 14.2. The fourth-order valence-electron chi connectivity index (χ4n) is 6.00. The third-order valence-electron chi connectivity index (χ3n) is 7.37. The number of rotatable bonds is 11. The number of aliphatic hydroxyl groups is 1. The van der Waals surface area contributed by atoms with E-state index < -0.39 is 35.6 Å². The summed E-state index contributed by atoms with van der Waals surface area (Å²) in [5.74, 6) is -2.47. The van der Waals surface area contributed by atoms with Crippen LogP contribution in [0.1, 0.15) is 39.0 Å². The number of nitrogens with zero attached hydrogens (tertiary/aromatic N) is 2. The average molecular weight is 505 g/mol. The Hall–Kier alpha value is -2.42. The number of fused-ring (bicyclic) bond motifs is 1. The van der Waals surface area contributed by atoms with E-state index in [2.05, 4.69) is 6.58 Å². The summed E-state index contributed by atoms with van der Waals surface area (Å²) in [4.78, 5) is 44.1. The van der Waals surface area contributed by atoms with Crippen molar-refractivity contribution in [2.75, 3.05) is 31.2 Å². The molecule has 0 saturated carbocycles. The number of ether oxygens (including phenoxy) is 2. The normalized spacial score (nSPS) is 28.8.